The van der Waals surface area contributed by atoms with Crippen LogP contribution >= 0.6 is 39.1 Å². The summed E-state index contributed by atoms with van der Waals surface area (Å²) in [6.07, 6.45) is 0. The first-order valence-corrected chi connectivity index (χ1v) is 9.65. The average molecular weight is 417 g/mol. The van der Waals surface area contributed by atoms with Gasteiger partial charge in [-0.2, -0.15) is 0 Å². The van der Waals surface area contributed by atoms with E-state index in [1.54, 1.807) is 12.1 Å². The van der Waals surface area contributed by atoms with Crippen LogP contribution < -0.4 is 10.0 Å². The molecule has 1 aromatic rings. The molecule has 0 aromatic heterocycles. The minimum absolute atomic E-state index is 0.00964. The molecule has 9 heteroatoms. The van der Waals surface area contributed by atoms with E-state index in [1.165, 1.54) is 0 Å². The van der Waals surface area contributed by atoms with Crippen molar-refractivity contribution in [1.82, 2.24) is 10.2 Å². The number of nitrogens with zero attached hydrogens (tertiary/aromatic N) is 1. The number of piperazine rings is 1. The van der Waals surface area contributed by atoms with Gasteiger partial charge in [0.15, 0.2) is 0 Å². The van der Waals surface area contributed by atoms with Gasteiger partial charge in [0, 0.05) is 37.2 Å². The number of hydrogen-bond acceptors (Lipinski definition) is 4. The summed E-state index contributed by atoms with van der Waals surface area (Å²) in [4.78, 5) is 2.11. The maximum absolute atomic E-state index is 12.1. The molecule has 0 bridgehead atoms. The van der Waals surface area contributed by atoms with E-state index in [0.29, 0.717) is 11.0 Å². The van der Waals surface area contributed by atoms with E-state index in [-0.39, 0.29) is 21.5 Å². The zero-order chi connectivity index (χ0) is 15.5. The monoisotopic (exact) mass is 415 g/mol. The Kier molecular flexibility index (Phi) is 6.16. The van der Waals surface area contributed by atoms with Crippen LogP contribution in [0.1, 0.15) is 0 Å². The Labute approximate surface area is 143 Å². The van der Waals surface area contributed by atoms with Crippen LogP contribution in [0.5, 0.6) is 0 Å². The highest BCUT2D eigenvalue weighted by molar-refractivity contribution is 9.10. The van der Waals surface area contributed by atoms with Crippen LogP contribution in [0, 0.1) is 0 Å². The van der Waals surface area contributed by atoms with Gasteiger partial charge in [0.25, 0.3) is 0 Å². The van der Waals surface area contributed by atoms with Crippen LogP contribution in [0.25, 0.3) is 0 Å². The second kappa shape index (κ2) is 7.48. The summed E-state index contributed by atoms with van der Waals surface area (Å²) in [6, 6.07) is 3.20. The minimum atomic E-state index is -3.49. The molecule has 0 atom stereocenters. The maximum atomic E-state index is 12.1. The molecule has 0 spiro atoms. The van der Waals surface area contributed by atoms with E-state index in [4.69, 9.17) is 23.2 Å². The SMILES string of the molecule is O=S(=O)(CCN1CCNCC1)Nc1c(Cl)cc(Br)cc1Cl. The fourth-order valence-corrected chi connectivity index (χ4v) is 4.58. The highest BCUT2D eigenvalue weighted by Crippen LogP contribution is 2.34. The Morgan fingerprint density at radius 3 is 2.38 bits per heavy atom. The first-order chi connectivity index (χ1) is 9.87. The minimum Gasteiger partial charge on any atom is -0.314 e. The fourth-order valence-electron chi connectivity index (χ4n) is 2.03. The Hall–Kier alpha value is -0.0500. The molecule has 5 nitrogen and oxygen atoms in total. The predicted molar refractivity (Wildman–Crippen MR) is 90.9 cm³/mol. The largest absolute Gasteiger partial charge is 0.314 e. The second-order valence-electron chi connectivity index (χ2n) is 4.76. The van der Waals surface area contributed by atoms with Crippen molar-refractivity contribution < 1.29 is 8.42 Å². The van der Waals surface area contributed by atoms with E-state index in [1.807, 2.05) is 0 Å². The molecular weight excluding hydrogens is 401 g/mol. The average Bonchev–Trinajstić information content (AvgIpc) is 2.42. The molecule has 0 radical (unpaired) electrons. The molecule has 118 valence electrons. The normalized spacial score (nSPS) is 16.9. The lowest BCUT2D eigenvalue weighted by molar-refractivity contribution is 0.254. The van der Waals surface area contributed by atoms with Gasteiger partial charge >= 0.3 is 0 Å². The molecule has 2 rings (SSSR count). The number of anilines is 1. The Balaban J connectivity index is 2.00. The van der Waals surface area contributed by atoms with Crippen LogP contribution in [0.3, 0.4) is 0 Å². The summed E-state index contributed by atoms with van der Waals surface area (Å²) in [5.74, 6) is 0.00964. The van der Waals surface area contributed by atoms with Gasteiger partial charge in [0.1, 0.15) is 0 Å². The van der Waals surface area contributed by atoms with Crippen molar-refractivity contribution in [3.8, 4) is 0 Å². The molecule has 0 saturated carbocycles. The van der Waals surface area contributed by atoms with Crippen molar-refractivity contribution in [3.05, 3.63) is 26.7 Å². The van der Waals surface area contributed by atoms with E-state index in [0.717, 1.165) is 26.2 Å². The quantitative estimate of drug-likeness (QED) is 0.773. The summed E-state index contributed by atoms with van der Waals surface area (Å²) in [5.41, 5.74) is 0.224. The number of nitrogens with one attached hydrogen (secondary N) is 2. The summed E-state index contributed by atoms with van der Waals surface area (Å²) < 4.78 is 27.5. The van der Waals surface area contributed by atoms with Crippen LogP contribution in [0.15, 0.2) is 16.6 Å². The Morgan fingerprint density at radius 2 is 1.81 bits per heavy atom. The summed E-state index contributed by atoms with van der Waals surface area (Å²) in [6.45, 7) is 3.98. The molecule has 1 saturated heterocycles. The topological polar surface area (TPSA) is 61.4 Å². The van der Waals surface area contributed by atoms with Gasteiger partial charge in [-0.3, -0.25) is 9.62 Å². The zero-order valence-electron chi connectivity index (χ0n) is 11.2. The maximum Gasteiger partial charge on any atom is 0.234 e. The summed E-state index contributed by atoms with van der Waals surface area (Å²) >= 11 is 15.3. The molecule has 1 aromatic carbocycles. The highest BCUT2D eigenvalue weighted by Gasteiger charge is 2.18. The van der Waals surface area contributed by atoms with Crippen LogP contribution in [-0.4, -0.2) is 51.8 Å². The molecule has 1 heterocycles. The summed E-state index contributed by atoms with van der Waals surface area (Å²) in [7, 11) is -3.49. The van der Waals surface area contributed by atoms with Gasteiger partial charge in [0.05, 0.1) is 21.5 Å². The molecule has 0 aliphatic carbocycles. The first-order valence-electron chi connectivity index (χ1n) is 6.45. The second-order valence-corrected chi connectivity index (χ2v) is 8.33. The van der Waals surface area contributed by atoms with Gasteiger partial charge < -0.3 is 5.32 Å². The van der Waals surface area contributed by atoms with Crippen molar-refractivity contribution in [2.24, 2.45) is 0 Å². The van der Waals surface area contributed by atoms with Crippen molar-refractivity contribution in [3.63, 3.8) is 0 Å². The smallest absolute Gasteiger partial charge is 0.234 e. The van der Waals surface area contributed by atoms with E-state index >= 15 is 0 Å². The lowest BCUT2D eigenvalue weighted by Gasteiger charge is -2.27. The molecule has 21 heavy (non-hydrogen) atoms. The fraction of sp³-hybridized carbons (Fsp3) is 0.500. The summed E-state index contributed by atoms with van der Waals surface area (Å²) in [5, 5.41) is 3.75. The van der Waals surface area contributed by atoms with Gasteiger partial charge in [-0.15, -0.1) is 0 Å². The molecule has 2 N–H and O–H groups in total. The standard InChI is InChI=1S/C12H16BrCl2N3O2S/c13-9-7-10(14)12(11(15)8-9)17-21(19,20)6-5-18-3-1-16-2-4-18/h7-8,16-17H,1-6H2. The third kappa shape index (κ3) is 5.26. The lowest BCUT2D eigenvalue weighted by atomic mass is 10.3. The molecule has 1 aliphatic rings. The third-order valence-corrected chi connectivity index (χ3v) is 5.44. The Bertz CT molecular complexity index is 584. The highest BCUT2D eigenvalue weighted by atomic mass is 79.9. The third-order valence-electron chi connectivity index (χ3n) is 3.15. The number of benzene rings is 1. The molecule has 0 unspecified atom stereocenters. The van der Waals surface area contributed by atoms with E-state index in [2.05, 4.69) is 30.9 Å². The number of sulfonamides is 1. The van der Waals surface area contributed by atoms with Gasteiger partial charge in [-0.25, -0.2) is 8.42 Å². The van der Waals surface area contributed by atoms with Crippen LogP contribution in [0.4, 0.5) is 5.69 Å². The lowest BCUT2D eigenvalue weighted by Crippen LogP contribution is -2.45. The van der Waals surface area contributed by atoms with Crippen molar-refractivity contribution >= 4 is 54.8 Å². The van der Waals surface area contributed by atoms with Gasteiger partial charge in [-0.1, -0.05) is 39.1 Å². The van der Waals surface area contributed by atoms with Crippen molar-refractivity contribution in [1.29, 1.82) is 0 Å². The molecule has 1 fully saturated rings. The van der Waals surface area contributed by atoms with Crippen LogP contribution in [0.2, 0.25) is 10.0 Å². The van der Waals surface area contributed by atoms with Crippen molar-refractivity contribution in [2.75, 3.05) is 43.2 Å². The van der Waals surface area contributed by atoms with Gasteiger partial charge in [0.2, 0.25) is 10.0 Å². The van der Waals surface area contributed by atoms with Crippen LogP contribution in [-0.2, 0) is 10.0 Å². The number of halogens is 3. The molecule has 1 aliphatic heterocycles. The number of rotatable bonds is 5. The first kappa shape index (κ1) is 17.3. The Morgan fingerprint density at radius 1 is 1.24 bits per heavy atom. The molecule has 0 amide bonds. The van der Waals surface area contributed by atoms with Gasteiger partial charge in [-0.05, 0) is 12.1 Å². The van der Waals surface area contributed by atoms with E-state index < -0.39 is 10.0 Å². The molecular formula is C12H16BrCl2N3O2S. The van der Waals surface area contributed by atoms with E-state index in [9.17, 15) is 8.42 Å². The number of hydrogen-bond donors (Lipinski definition) is 2. The van der Waals surface area contributed by atoms with Crippen molar-refractivity contribution in [2.45, 2.75) is 0 Å². The predicted octanol–water partition coefficient (Wildman–Crippen LogP) is 2.40. The zero-order valence-corrected chi connectivity index (χ0v) is 15.1.